The standard InChI is InChI=1S/C38H35BrN2O7S/c1-5-45-30-15-14-27(20-31(30)46-6-2)34-28(37(43)44-4)21-40-38-41(34)36(42)33(49-38)19-24-17-29(39)35(32(18-24)47-7-3)48-22-23-12-13-25-10-8-9-11-26(25)16-23/h8-21,34H,5-7,22H2,1-4H3/b33-19-/t34-/m0/s1. The SMILES string of the molecule is CCOc1ccc([C@H]2C(C(=O)OC)=CN=c3s/c(=C\c4cc(Br)c(OCc5ccc6ccccc6c5)c(OCC)c4)c(=O)n32)cc1OCC. The number of hydrogen-bond acceptors (Lipinski definition) is 9. The van der Waals surface area contributed by atoms with Crippen molar-refractivity contribution in [1.82, 2.24) is 4.57 Å². The summed E-state index contributed by atoms with van der Waals surface area (Å²) < 4.78 is 31.6. The van der Waals surface area contributed by atoms with E-state index in [0.29, 0.717) is 68.8 Å². The topological polar surface area (TPSA) is 97.6 Å². The highest BCUT2D eigenvalue weighted by atomic mass is 79.9. The zero-order chi connectivity index (χ0) is 34.5. The molecule has 0 radical (unpaired) electrons. The Balaban J connectivity index is 1.38. The second-order valence-electron chi connectivity index (χ2n) is 11.0. The van der Waals surface area contributed by atoms with E-state index in [1.54, 1.807) is 18.2 Å². The highest BCUT2D eigenvalue weighted by molar-refractivity contribution is 9.10. The van der Waals surface area contributed by atoms with E-state index in [0.717, 1.165) is 16.5 Å². The Morgan fingerprint density at radius 1 is 0.878 bits per heavy atom. The van der Waals surface area contributed by atoms with E-state index in [-0.39, 0.29) is 11.1 Å². The van der Waals surface area contributed by atoms with Crippen molar-refractivity contribution in [3.63, 3.8) is 0 Å². The molecule has 5 aromatic rings. The number of rotatable bonds is 12. The molecule has 0 bridgehead atoms. The molecular weight excluding hydrogens is 708 g/mol. The average molecular weight is 744 g/mol. The number of ether oxygens (including phenoxy) is 5. The van der Waals surface area contributed by atoms with E-state index in [1.807, 2.05) is 51.1 Å². The van der Waals surface area contributed by atoms with Gasteiger partial charge in [0.2, 0.25) is 0 Å². The maximum absolute atomic E-state index is 14.1. The Hall–Kier alpha value is -4.87. The van der Waals surface area contributed by atoms with Crippen molar-refractivity contribution in [3.05, 3.63) is 125 Å². The number of benzene rings is 4. The maximum Gasteiger partial charge on any atom is 0.337 e. The molecule has 0 N–H and O–H groups in total. The Morgan fingerprint density at radius 2 is 1.61 bits per heavy atom. The second-order valence-corrected chi connectivity index (χ2v) is 12.8. The lowest BCUT2D eigenvalue weighted by Crippen LogP contribution is -2.39. The Kier molecular flexibility index (Phi) is 10.5. The highest BCUT2D eigenvalue weighted by Crippen LogP contribution is 2.38. The van der Waals surface area contributed by atoms with E-state index in [1.165, 1.54) is 34.6 Å². The third-order valence-electron chi connectivity index (χ3n) is 7.83. The number of methoxy groups -OCH3 is 1. The van der Waals surface area contributed by atoms with E-state index in [9.17, 15) is 9.59 Å². The summed E-state index contributed by atoms with van der Waals surface area (Å²) in [5.74, 6) is 1.61. The third kappa shape index (κ3) is 7.13. The zero-order valence-electron chi connectivity index (χ0n) is 27.5. The van der Waals surface area contributed by atoms with Crippen molar-refractivity contribution in [2.45, 2.75) is 33.4 Å². The van der Waals surface area contributed by atoms with Gasteiger partial charge in [-0.05, 0) is 101 Å². The van der Waals surface area contributed by atoms with Crippen molar-refractivity contribution < 1.29 is 28.5 Å². The average Bonchev–Trinajstić information content (AvgIpc) is 3.42. The minimum Gasteiger partial charge on any atom is -0.490 e. The van der Waals surface area contributed by atoms with Crippen LogP contribution in [0.3, 0.4) is 0 Å². The van der Waals surface area contributed by atoms with Gasteiger partial charge in [-0.25, -0.2) is 9.79 Å². The molecule has 1 aliphatic rings. The van der Waals surface area contributed by atoms with Crippen LogP contribution in [0.1, 0.15) is 43.5 Å². The molecular formula is C38H35BrN2O7S. The van der Waals surface area contributed by atoms with Crippen LogP contribution in [0.2, 0.25) is 0 Å². The second kappa shape index (κ2) is 15.1. The quantitative estimate of drug-likeness (QED) is 0.131. The number of fused-ring (bicyclic) bond motifs is 2. The molecule has 0 saturated carbocycles. The predicted octanol–water partition coefficient (Wildman–Crippen LogP) is 6.71. The first kappa shape index (κ1) is 34.0. The maximum atomic E-state index is 14.1. The van der Waals surface area contributed by atoms with E-state index < -0.39 is 12.0 Å². The minimum absolute atomic E-state index is 0.224. The van der Waals surface area contributed by atoms with Crippen molar-refractivity contribution in [3.8, 4) is 23.0 Å². The van der Waals surface area contributed by atoms with Crippen LogP contribution in [0.15, 0.2) is 98.8 Å². The molecule has 4 aromatic carbocycles. The van der Waals surface area contributed by atoms with Crippen LogP contribution in [0.25, 0.3) is 16.8 Å². The molecule has 1 atom stereocenters. The largest absolute Gasteiger partial charge is 0.490 e. The van der Waals surface area contributed by atoms with Gasteiger partial charge < -0.3 is 23.7 Å². The lowest BCUT2D eigenvalue weighted by molar-refractivity contribution is -0.136. The van der Waals surface area contributed by atoms with E-state index in [4.69, 9.17) is 23.7 Å². The number of carbonyl (C=O) groups is 1. The summed E-state index contributed by atoms with van der Waals surface area (Å²) in [4.78, 5) is 32.0. The molecule has 0 aliphatic carbocycles. The molecule has 49 heavy (non-hydrogen) atoms. The molecule has 9 nitrogen and oxygen atoms in total. The van der Waals surface area contributed by atoms with Gasteiger partial charge in [0.25, 0.3) is 5.56 Å². The number of halogens is 1. The molecule has 0 unspecified atom stereocenters. The summed E-state index contributed by atoms with van der Waals surface area (Å²) in [5.41, 5.74) is 2.32. The van der Waals surface area contributed by atoms with Gasteiger partial charge in [-0.15, -0.1) is 0 Å². The molecule has 0 spiro atoms. The van der Waals surface area contributed by atoms with Crippen LogP contribution < -0.4 is 33.8 Å². The van der Waals surface area contributed by atoms with Gasteiger partial charge in [-0.2, -0.15) is 0 Å². The fourth-order valence-corrected chi connectivity index (χ4v) is 7.24. The molecule has 0 fully saturated rings. The van der Waals surface area contributed by atoms with Crippen LogP contribution in [-0.2, 0) is 16.1 Å². The molecule has 2 heterocycles. The third-order valence-corrected chi connectivity index (χ3v) is 9.42. The summed E-state index contributed by atoms with van der Waals surface area (Å²) in [5, 5.41) is 2.31. The van der Waals surface area contributed by atoms with Crippen LogP contribution in [-0.4, -0.2) is 37.5 Å². The Labute approximate surface area is 295 Å². The van der Waals surface area contributed by atoms with Crippen LogP contribution in [0.4, 0.5) is 0 Å². The van der Waals surface area contributed by atoms with E-state index >= 15 is 0 Å². The molecule has 1 aromatic heterocycles. The molecule has 0 amide bonds. The number of esters is 1. The first-order chi connectivity index (χ1) is 23.8. The lowest BCUT2D eigenvalue weighted by atomic mass is 9.97. The zero-order valence-corrected chi connectivity index (χ0v) is 29.9. The van der Waals surface area contributed by atoms with Crippen molar-refractivity contribution >= 4 is 50.1 Å². The van der Waals surface area contributed by atoms with Crippen LogP contribution in [0, 0.1) is 0 Å². The Morgan fingerprint density at radius 3 is 2.37 bits per heavy atom. The first-order valence-electron chi connectivity index (χ1n) is 15.9. The fourth-order valence-electron chi connectivity index (χ4n) is 5.70. The first-order valence-corrected chi connectivity index (χ1v) is 17.5. The predicted molar refractivity (Wildman–Crippen MR) is 194 cm³/mol. The summed E-state index contributed by atoms with van der Waals surface area (Å²) in [6.45, 7) is 7.32. The molecule has 1 aliphatic heterocycles. The van der Waals surface area contributed by atoms with E-state index in [2.05, 4.69) is 51.3 Å². The smallest absolute Gasteiger partial charge is 0.337 e. The number of thiazole rings is 1. The van der Waals surface area contributed by atoms with Gasteiger partial charge >= 0.3 is 5.97 Å². The summed E-state index contributed by atoms with van der Waals surface area (Å²) in [7, 11) is 1.30. The minimum atomic E-state index is -0.794. The number of nitrogens with zero attached hydrogens (tertiary/aromatic N) is 2. The highest BCUT2D eigenvalue weighted by Gasteiger charge is 2.31. The summed E-state index contributed by atoms with van der Waals surface area (Å²) in [6.07, 6.45) is 3.25. The van der Waals surface area contributed by atoms with Crippen molar-refractivity contribution in [2.24, 2.45) is 4.99 Å². The molecule has 11 heteroatoms. The van der Waals surface area contributed by atoms with Crippen molar-refractivity contribution in [1.29, 1.82) is 0 Å². The van der Waals surface area contributed by atoms with Gasteiger partial charge in [0, 0.05) is 6.20 Å². The van der Waals surface area contributed by atoms with Crippen molar-refractivity contribution in [2.75, 3.05) is 26.9 Å². The van der Waals surface area contributed by atoms with Gasteiger partial charge in [-0.1, -0.05) is 53.8 Å². The molecule has 6 rings (SSSR count). The van der Waals surface area contributed by atoms with Crippen LogP contribution in [0.5, 0.6) is 23.0 Å². The summed E-state index contributed by atoms with van der Waals surface area (Å²) >= 11 is 4.90. The van der Waals surface area contributed by atoms with Gasteiger partial charge in [0.15, 0.2) is 27.8 Å². The van der Waals surface area contributed by atoms with Crippen LogP contribution >= 0.6 is 27.3 Å². The lowest BCUT2D eigenvalue weighted by Gasteiger charge is -2.23. The van der Waals surface area contributed by atoms with Gasteiger partial charge in [0.05, 0.1) is 47.6 Å². The number of hydrogen-bond donors (Lipinski definition) is 0. The van der Waals surface area contributed by atoms with Gasteiger partial charge in [0.1, 0.15) is 6.61 Å². The number of aromatic nitrogens is 1. The Bertz CT molecular complexity index is 2240. The number of carbonyl (C=O) groups excluding carboxylic acids is 1. The normalized spacial score (nSPS) is 14.1. The van der Waals surface area contributed by atoms with Gasteiger partial charge in [-0.3, -0.25) is 9.36 Å². The molecule has 0 saturated heterocycles. The molecule has 252 valence electrons. The monoisotopic (exact) mass is 742 g/mol. The fraction of sp³-hybridized carbons (Fsp3) is 0.237. The summed E-state index contributed by atoms with van der Waals surface area (Å²) in [6, 6.07) is 22.8.